The summed E-state index contributed by atoms with van der Waals surface area (Å²) >= 11 is 0. The topological polar surface area (TPSA) is 44.9 Å². The molecule has 1 saturated carbocycles. The Morgan fingerprint density at radius 3 is 2.94 bits per heavy atom. The number of benzene rings is 1. The highest BCUT2D eigenvalue weighted by atomic mass is 16.1. The molecule has 1 aliphatic carbocycles. The minimum Gasteiger partial charge on any atom is -0.360 e. The van der Waals surface area contributed by atoms with Crippen molar-refractivity contribution in [1.29, 1.82) is 0 Å². The Bertz CT molecular complexity index is 544. The lowest BCUT2D eigenvalue weighted by Gasteiger charge is -2.01. The van der Waals surface area contributed by atoms with Crippen molar-refractivity contribution in [3.8, 4) is 0 Å². The molecule has 82 valence electrons. The lowest BCUT2D eigenvalue weighted by atomic mass is 10.1. The monoisotopic (exact) mass is 214 g/mol. The van der Waals surface area contributed by atoms with Gasteiger partial charge in [-0.25, -0.2) is 0 Å². The van der Waals surface area contributed by atoms with Gasteiger partial charge in [0.25, 0.3) is 5.91 Å². The maximum atomic E-state index is 12.0. The molecule has 0 radical (unpaired) electrons. The minimum atomic E-state index is 0.0341. The Kier molecular flexibility index (Phi) is 1.99. The number of hydrogen-bond acceptors (Lipinski definition) is 1. The van der Waals surface area contributed by atoms with Crippen LogP contribution in [0, 0.1) is 5.92 Å². The van der Waals surface area contributed by atoms with Crippen molar-refractivity contribution in [2.45, 2.75) is 19.4 Å². The number of hydrogen-bond donors (Lipinski definition) is 2. The van der Waals surface area contributed by atoms with Crippen molar-refractivity contribution in [1.82, 2.24) is 10.3 Å². The van der Waals surface area contributed by atoms with E-state index in [1.165, 1.54) is 0 Å². The fourth-order valence-electron chi connectivity index (χ4n) is 2.03. The van der Waals surface area contributed by atoms with E-state index in [1.807, 2.05) is 24.3 Å². The summed E-state index contributed by atoms with van der Waals surface area (Å²) in [6.07, 6.45) is 2.89. The average molecular weight is 214 g/mol. The van der Waals surface area contributed by atoms with Gasteiger partial charge in [0, 0.05) is 23.1 Å². The molecule has 2 atom stereocenters. The van der Waals surface area contributed by atoms with E-state index in [-0.39, 0.29) is 5.91 Å². The van der Waals surface area contributed by atoms with Crippen LogP contribution in [-0.2, 0) is 0 Å². The Balaban J connectivity index is 1.90. The lowest BCUT2D eigenvalue weighted by molar-refractivity contribution is 0.0951. The van der Waals surface area contributed by atoms with Gasteiger partial charge in [-0.1, -0.05) is 25.1 Å². The van der Waals surface area contributed by atoms with Gasteiger partial charge in [-0.2, -0.15) is 0 Å². The van der Waals surface area contributed by atoms with Gasteiger partial charge >= 0.3 is 0 Å². The van der Waals surface area contributed by atoms with Gasteiger partial charge in [0.05, 0.1) is 5.56 Å². The van der Waals surface area contributed by atoms with E-state index in [0.29, 0.717) is 12.0 Å². The van der Waals surface area contributed by atoms with Crippen LogP contribution < -0.4 is 5.32 Å². The number of para-hydroxylation sites is 1. The van der Waals surface area contributed by atoms with Crippen LogP contribution in [0.25, 0.3) is 10.9 Å². The van der Waals surface area contributed by atoms with Crippen LogP contribution in [0.15, 0.2) is 30.5 Å². The summed E-state index contributed by atoms with van der Waals surface area (Å²) in [4.78, 5) is 15.1. The van der Waals surface area contributed by atoms with Gasteiger partial charge < -0.3 is 10.3 Å². The number of carbonyl (C=O) groups is 1. The summed E-state index contributed by atoms with van der Waals surface area (Å²) in [5.41, 5.74) is 1.76. The summed E-state index contributed by atoms with van der Waals surface area (Å²) < 4.78 is 0. The largest absolute Gasteiger partial charge is 0.360 e. The zero-order valence-electron chi connectivity index (χ0n) is 9.16. The van der Waals surface area contributed by atoms with Crippen LogP contribution in [0.3, 0.4) is 0 Å². The van der Waals surface area contributed by atoms with Crippen molar-refractivity contribution in [3.63, 3.8) is 0 Å². The molecule has 1 aromatic heterocycles. The summed E-state index contributed by atoms with van der Waals surface area (Å²) in [5, 5.41) is 4.03. The fourth-order valence-corrected chi connectivity index (χ4v) is 2.03. The van der Waals surface area contributed by atoms with E-state index < -0.39 is 0 Å². The van der Waals surface area contributed by atoms with Gasteiger partial charge in [-0.3, -0.25) is 4.79 Å². The van der Waals surface area contributed by atoms with E-state index in [1.54, 1.807) is 6.20 Å². The van der Waals surface area contributed by atoms with E-state index >= 15 is 0 Å². The van der Waals surface area contributed by atoms with Crippen molar-refractivity contribution in [2.24, 2.45) is 5.92 Å². The van der Waals surface area contributed by atoms with E-state index in [4.69, 9.17) is 0 Å². The molecule has 3 rings (SSSR count). The van der Waals surface area contributed by atoms with Crippen molar-refractivity contribution < 1.29 is 4.79 Å². The second-order valence-electron chi connectivity index (χ2n) is 4.54. The average Bonchev–Trinajstić information content (AvgIpc) is 2.82. The third-order valence-corrected chi connectivity index (χ3v) is 3.26. The van der Waals surface area contributed by atoms with Crippen LogP contribution in [-0.4, -0.2) is 16.9 Å². The Morgan fingerprint density at radius 2 is 2.19 bits per heavy atom. The molecular formula is C13H14N2O. The third-order valence-electron chi connectivity index (χ3n) is 3.26. The van der Waals surface area contributed by atoms with E-state index in [0.717, 1.165) is 22.9 Å². The molecule has 3 heteroatoms. The first-order valence-corrected chi connectivity index (χ1v) is 5.62. The number of nitrogens with one attached hydrogen (secondary N) is 2. The summed E-state index contributed by atoms with van der Waals surface area (Å²) in [6.45, 7) is 2.15. The molecule has 1 amide bonds. The molecule has 0 aliphatic heterocycles. The predicted octanol–water partition coefficient (Wildman–Crippen LogP) is 2.31. The maximum absolute atomic E-state index is 12.0. The zero-order valence-corrected chi connectivity index (χ0v) is 9.16. The highest BCUT2D eigenvalue weighted by molar-refractivity contribution is 6.06. The molecular weight excluding hydrogens is 200 g/mol. The molecule has 1 aromatic carbocycles. The lowest BCUT2D eigenvalue weighted by Crippen LogP contribution is -2.26. The van der Waals surface area contributed by atoms with Gasteiger partial charge in [0.2, 0.25) is 0 Å². The molecule has 1 fully saturated rings. The summed E-state index contributed by atoms with van der Waals surface area (Å²) in [6, 6.07) is 8.24. The van der Waals surface area contributed by atoms with Crippen LogP contribution in [0.1, 0.15) is 23.7 Å². The number of amides is 1. The van der Waals surface area contributed by atoms with Gasteiger partial charge in [-0.15, -0.1) is 0 Å². The van der Waals surface area contributed by atoms with Gasteiger partial charge in [-0.05, 0) is 18.4 Å². The zero-order chi connectivity index (χ0) is 11.1. The molecule has 0 spiro atoms. The van der Waals surface area contributed by atoms with Crippen molar-refractivity contribution in [2.75, 3.05) is 0 Å². The molecule has 0 bridgehead atoms. The van der Waals surface area contributed by atoms with Crippen LogP contribution in [0.5, 0.6) is 0 Å². The molecule has 0 saturated heterocycles. The molecule has 2 aromatic rings. The second-order valence-corrected chi connectivity index (χ2v) is 4.54. The van der Waals surface area contributed by atoms with E-state index in [9.17, 15) is 4.79 Å². The van der Waals surface area contributed by atoms with E-state index in [2.05, 4.69) is 17.2 Å². The standard InChI is InChI=1S/C13H14N2O/c1-8-6-12(8)15-13(16)10-7-14-11-5-3-2-4-9(10)11/h2-5,7-8,12,14H,6H2,1H3,(H,15,16). The first-order chi connectivity index (χ1) is 7.75. The number of aromatic amines is 1. The number of aromatic nitrogens is 1. The van der Waals surface area contributed by atoms with Crippen LogP contribution >= 0.6 is 0 Å². The first kappa shape index (κ1) is 9.46. The predicted molar refractivity (Wildman–Crippen MR) is 63.3 cm³/mol. The quantitative estimate of drug-likeness (QED) is 0.791. The van der Waals surface area contributed by atoms with Gasteiger partial charge in [0.15, 0.2) is 0 Å². The molecule has 16 heavy (non-hydrogen) atoms. The summed E-state index contributed by atoms with van der Waals surface area (Å²) in [5.74, 6) is 0.668. The normalized spacial score (nSPS) is 23.3. The highest BCUT2D eigenvalue weighted by Gasteiger charge is 2.34. The SMILES string of the molecule is CC1CC1NC(=O)c1c[nH]c2ccccc12. The van der Waals surface area contributed by atoms with Crippen LogP contribution in [0.2, 0.25) is 0 Å². The molecule has 1 heterocycles. The summed E-state index contributed by atoms with van der Waals surface area (Å²) in [7, 11) is 0. The Morgan fingerprint density at radius 1 is 1.44 bits per heavy atom. The fraction of sp³-hybridized carbons (Fsp3) is 0.308. The number of fused-ring (bicyclic) bond motifs is 1. The first-order valence-electron chi connectivity index (χ1n) is 5.62. The molecule has 1 aliphatic rings. The smallest absolute Gasteiger partial charge is 0.253 e. The molecule has 2 N–H and O–H groups in total. The molecule has 2 unspecified atom stereocenters. The number of H-pyrrole nitrogens is 1. The van der Waals surface area contributed by atoms with Gasteiger partial charge in [0.1, 0.15) is 0 Å². The second kappa shape index (κ2) is 3.37. The number of carbonyl (C=O) groups excluding carboxylic acids is 1. The highest BCUT2D eigenvalue weighted by Crippen LogP contribution is 2.29. The van der Waals surface area contributed by atoms with Crippen molar-refractivity contribution in [3.05, 3.63) is 36.0 Å². The third kappa shape index (κ3) is 1.48. The molecule has 3 nitrogen and oxygen atoms in total. The Hall–Kier alpha value is -1.77. The number of rotatable bonds is 2. The maximum Gasteiger partial charge on any atom is 0.253 e. The van der Waals surface area contributed by atoms with Crippen molar-refractivity contribution >= 4 is 16.8 Å². The van der Waals surface area contributed by atoms with Crippen LogP contribution in [0.4, 0.5) is 0 Å². The Labute approximate surface area is 93.9 Å². The minimum absolute atomic E-state index is 0.0341.